The first-order valence-electron chi connectivity index (χ1n) is 7.43. The van der Waals surface area contributed by atoms with Gasteiger partial charge in [-0.1, -0.05) is 51.4 Å². The van der Waals surface area contributed by atoms with Gasteiger partial charge in [0.25, 0.3) is 0 Å². The molecule has 0 aliphatic carbocycles. The van der Waals surface area contributed by atoms with Crippen molar-refractivity contribution in [2.45, 2.75) is 64.2 Å². The van der Waals surface area contributed by atoms with Crippen molar-refractivity contribution in [1.82, 2.24) is 5.32 Å². The van der Waals surface area contributed by atoms with Crippen LogP contribution in [-0.2, 0) is 0 Å². The standard InChI is InChI=1S/C14H32N2S/c15-11-9-7-5-3-1-2-4-6-8-10-12-16-13-14-17/h16-17H,1-15H2. The zero-order valence-electron chi connectivity index (χ0n) is 11.4. The fraction of sp³-hybridized carbons (Fsp3) is 1.00. The van der Waals surface area contributed by atoms with Crippen LogP contribution < -0.4 is 11.1 Å². The van der Waals surface area contributed by atoms with Crippen molar-refractivity contribution in [3.8, 4) is 0 Å². The van der Waals surface area contributed by atoms with Crippen molar-refractivity contribution < 1.29 is 0 Å². The third-order valence-corrected chi connectivity index (χ3v) is 3.32. The smallest absolute Gasteiger partial charge is 0.00397 e. The van der Waals surface area contributed by atoms with Gasteiger partial charge >= 0.3 is 0 Å². The summed E-state index contributed by atoms with van der Waals surface area (Å²) in [4.78, 5) is 0. The van der Waals surface area contributed by atoms with E-state index in [0.29, 0.717) is 0 Å². The van der Waals surface area contributed by atoms with E-state index in [-0.39, 0.29) is 0 Å². The largest absolute Gasteiger partial charge is 0.330 e. The van der Waals surface area contributed by atoms with Crippen LogP contribution in [-0.4, -0.2) is 25.4 Å². The molecule has 0 aliphatic heterocycles. The second-order valence-corrected chi connectivity index (χ2v) is 5.25. The van der Waals surface area contributed by atoms with Gasteiger partial charge in [-0.05, 0) is 25.9 Å². The lowest BCUT2D eigenvalue weighted by molar-refractivity contribution is 0.544. The average Bonchev–Trinajstić information content (AvgIpc) is 2.35. The minimum Gasteiger partial charge on any atom is -0.330 e. The molecule has 17 heavy (non-hydrogen) atoms. The SMILES string of the molecule is NCCCCCCCCCCCCNCCS. The minimum absolute atomic E-state index is 0.862. The van der Waals surface area contributed by atoms with Gasteiger partial charge in [-0.2, -0.15) is 12.6 Å². The maximum absolute atomic E-state index is 5.46. The number of thiol groups is 1. The molecule has 0 heterocycles. The highest BCUT2D eigenvalue weighted by Gasteiger charge is 1.92. The number of rotatable bonds is 14. The summed E-state index contributed by atoms with van der Waals surface area (Å²) in [6.07, 6.45) is 13.7. The Labute approximate surface area is 114 Å². The van der Waals surface area contributed by atoms with Gasteiger partial charge in [-0.25, -0.2) is 0 Å². The Hall–Kier alpha value is 0.270. The molecule has 0 fully saturated rings. The first kappa shape index (κ1) is 17.3. The van der Waals surface area contributed by atoms with Crippen LogP contribution in [0.2, 0.25) is 0 Å². The summed E-state index contributed by atoms with van der Waals surface area (Å²) in [6, 6.07) is 0. The molecule has 0 aromatic heterocycles. The summed E-state index contributed by atoms with van der Waals surface area (Å²) in [5.74, 6) is 0.949. The number of unbranched alkanes of at least 4 members (excludes halogenated alkanes) is 9. The predicted molar refractivity (Wildman–Crippen MR) is 81.9 cm³/mol. The summed E-state index contributed by atoms with van der Waals surface area (Å²) in [6.45, 7) is 3.08. The Morgan fingerprint density at radius 3 is 1.59 bits per heavy atom. The van der Waals surface area contributed by atoms with Crippen LogP contribution in [0.3, 0.4) is 0 Å². The Kier molecular flexibility index (Phi) is 16.5. The van der Waals surface area contributed by atoms with E-state index in [9.17, 15) is 0 Å². The predicted octanol–water partition coefficient (Wildman–Crippen LogP) is 3.37. The molecule has 0 aromatic rings. The molecule has 0 bridgehead atoms. The van der Waals surface area contributed by atoms with Gasteiger partial charge in [-0.3, -0.25) is 0 Å². The number of nitrogens with two attached hydrogens (primary N) is 1. The molecule has 0 spiro atoms. The molecule has 0 aromatic carbocycles. The fourth-order valence-electron chi connectivity index (χ4n) is 2.01. The Morgan fingerprint density at radius 2 is 1.12 bits per heavy atom. The van der Waals surface area contributed by atoms with Crippen LogP contribution in [0.4, 0.5) is 0 Å². The highest BCUT2D eigenvalue weighted by atomic mass is 32.1. The highest BCUT2D eigenvalue weighted by Crippen LogP contribution is 2.10. The normalized spacial score (nSPS) is 10.9. The van der Waals surface area contributed by atoms with E-state index in [0.717, 1.165) is 18.8 Å². The molecular formula is C14H32N2S. The Balaban J connectivity index is 2.85. The van der Waals surface area contributed by atoms with Gasteiger partial charge in [0, 0.05) is 12.3 Å². The Bertz CT molecular complexity index is 117. The third kappa shape index (κ3) is 16.3. The molecule has 0 unspecified atom stereocenters. The summed E-state index contributed by atoms with van der Waals surface area (Å²) in [5.41, 5.74) is 5.46. The second-order valence-electron chi connectivity index (χ2n) is 4.80. The molecule has 0 aliphatic rings. The van der Waals surface area contributed by atoms with Gasteiger partial charge in [0.15, 0.2) is 0 Å². The summed E-state index contributed by atoms with van der Waals surface area (Å²) >= 11 is 4.16. The van der Waals surface area contributed by atoms with Crippen LogP contribution in [0.15, 0.2) is 0 Å². The van der Waals surface area contributed by atoms with Gasteiger partial charge in [0.2, 0.25) is 0 Å². The molecular weight excluding hydrogens is 228 g/mol. The van der Waals surface area contributed by atoms with Crippen LogP contribution in [0.25, 0.3) is 0 Å². The number of hydrogen-bond donors (Lipinski definition) is 3. The fourth-order valence-corrected chi connectivity index (χ4v) is 2.17. The van der Waals surface area contributed by atoms with E-state index in [1.165, 1.54) is 70.8 Å². The highest BCUT2D eigenvalue weighted by molar-refractivity contribution is 7.80. The zero-order valence-corrected chi connectivity index (χ0v) is 12.3. The third-order valence-electron chi connectivity index (χ3n) is 3.10. The average molecular weight is 260 g/mol. The second kappa shape index (κ2) is 16.3. The van der Waals surface area contributed by atoms with E-state index in [2.05, 4.69) is 17.9 Å². The van der Waals surface area contributed by atoms with Crippen molar-refractivity contribution in [1.29, 1.82) is 0 Å². The van der Waals surface area contributed by atoms with Crippen molar-refractivity contribution in [2.75, 3.05) is 25.4 Å². The number of hydrogen-bond acceptors (Lipinski definition) is 3. The molecule has 104 valence electrons. The monoisotopic (exact) mass is 260 g/mol. The summed E-state index contributed by atoms with van der Waals surface area (Å²) in [5, 5.41) is 3.38. The lowest BCUT2D eigenvalue weighted by Crippen LogP contribution is -2.17. The van der Waals surface area contributed by atoms with Crippen molar-refractivity contribution in [3.05, 3.63) is 0 Å². The lowest BCUT2D eigenvalue weighted by atomic mass is 10.1. The van der Waals surface area contributed by atoms with Gasteiger partial charge < -0.3 is 11.1 Å². The van der Waals surface area contributed by atoms with Crippen LogP contribution >= 0.6 is 12.6 Å². The van der Waals surface area contributed by atoms with Crippen molar-refractivity contribution in [2.24, 2.45) is 5.73 Å². The van der Waals surface area contributed by atoms with Crippen molar-refractivity contribution >= 4 is 12.6 Å². The maximum Gasteiger partial charge on any atom is 0.00397 e. The molecule has 2 nitrogen and oxygen atoms in total. The van der Waals surface area contributed by atoms with Gasteiger partial charge in [0.05, 0.1) is 0 Å². The van der Waals surface area contributed by atoms with Crippen LogP contribution in [0.1, 0.15) is 64.2 Å². The summed E-state index contributed by atoms with van der Waals surface area (Å²) < 4.78 is 0. The minimum atomic E-state index is 0.862. The van der Waals surface area contributed by atoms with Gasteiger partial charge in [-0.15, -0.1) is 0 Å². The molecule has 0 amide bonds. The quantitative estimate of drug-likeness (QED) is 0.331. The lowest BCUT2D eigenvalue weighted by Gasteiger charge is -2.03. The van der Waals surface area contributed by atoms with Gasteiger partial charge in [0.1, 0.15) is 0 Å². The number of nitrogens with one attached hydrogen (secondary N) is 1. The molecule has 3 N–H and O–H groups in total. The van der Waals surface area contributed by atoms with Crippen molar-refractivity contribution in [3.63, 3.8) is 0 Å². The Morgan fingerprint density at radius 1 is 0.647 bits per heavy atom. The maximum atomic E-state index is 5.46. The topological polar surface area (TPSA) is 38.0 Å². The first-order chi connectivity index (χ1) is 8.41. The molecule has 0 saturated carbocycles. The van der Waals surface area contributed by atoms with E-state index in [4.69, 9.17) is 5.73 Å². The van der Waals surface area contributed by atoms with Crippen LogP contribution in [0, 0.1) is 0 Å². The van der Waals surface area contributed by atoms with Crippen LogP contribution in [0.5, 0.6) is 0 Å². The molecule has 0 saturated heterocycles. The van der Waals surface area contributed by atoms with E-state index >= 15 is 0 Å². The van der Waals surface area contributed by atoms with E-state index in [1.807, 2.05) is 0 Å². The molecule has 3 heteroatoms. The molecule has 0 atom stereocenters. The molecule has 0 radical (unpaired) electrons. The molecule has 0 rings (SSSR count). The summed E-state index contributed by atoms with van der Waals surface area (Å²) in [7, 11) is 0. The first-order valence-corrected chi connectivity index (χ1v) is 8.06. The van der Waals surface area contributed by atoms with E-state index < -0.39 is 0 Å². The zero-order chi connectivity index (χ0) is 12.6. The van der Waals surface area contributed by atoms with E-state index in [1.54, 1.807) is 0 Å².